The lowest BCUT2D eigenvalue weighted by Gasteiger charge is -2.29. The van der Waals surface area contributed by atoms with Gasteiger partial charge in [0.2, 0.25) is 16.6 Å². The normalized spacial score (nSPS) is 14.7. The fraction of sp³-hybridized carbons (Fsp3) is 0.818. The lowest BCUT2D eigenvalue weighted by atomic mass is 10.9. The van der Waals surface area contributed by atoms with Crippen molar-refractivity contribution in [2.75, 3.05) is 12.8 Å². The Balaban J connectivity index is 4.40. The number of hydrogen-bond donors (Lipinski definition) is 0. The molecule has 0 N–H and O–H groups in total. The number of carbonyl (C=O) groups excluding carboxylic acids is 2. The standard InChI is InChI=1S/C11H24O5Si2/c1-6-15-18(5,10-14-9-12)8-7-17(3,4)16-11(2)13/h9H,6-8,10H2,1-5H3. The maximum absolute atomic E-state index is 11.0. The Hall–Kier alpha value is -0.666. The molecule has 5 nitrogen and oxygen atoms in total. The van der Waals surface area contributed by atoms with E-state index in [0.29, 0.717) is 19.3 Å². The molecule has 0 aliphatic rings. The zero-order valence-electron chi connectivity index (χ0n) is 11.9. The summed E-state index contributed by atoms with van der Waals surface area (Å²) in [6.07, 6.45) is 0.356. The highest BCUT2D eigenvalue weighted by Crippen LogP contribution is 2.22. The van der Waals surface area contributed by atoms with Crippen molar-refractivity contribution in [2.24, 2.45) is 0 Å². The predicted molar refractivity (Wildman–Crippen MR) is 74.1 cm³/mol. The van der Waals surface area contributed by atoms with Crippen LogP contribution in [0.4, 0.5) is 0 Å². The van der Waals surface area contributed by atoms with E-state index in [1.165, 1.54) is 6.92 Å². The van der Waals surface area contributed by atoms with Crippen LogP contribution in [0.3, 0.4) is 0 Å². The highest BCUT2D eigenvalue weighted by molar-refractivity contribution is 6.77. The third kappa shape index (κ3) is 7.62. The molecule has 0 radical (unpaired) electrons. The first kappa shape index (κ1) is 17.3. The van der Waals surface area contributed by atoms with E-state index in [0.717, 1.165) is 12.1 Å². The van der Waals surface area contributed by atoms with Crippen LogP contribution in [0.1, 0.15) is 13.8 Å². The van der Waals surface area contributed by atoms with Crippen molar-refractivity contribution >= 4 is 29.1 Å². The van der Waals surface area contributed by atoms with Crippen LogP contribution in [-0.4, -0.2) is 41.9 Å². The third-order valence-electron chi connectivity index (χ3n) is 2.63. The first-order valence-electron chi connectivity index (χ1n) is 6.13. The summed E-state index contributed by atoms with van der Waals surface area (Å²) < 4.78 is 16.0. The molecule has 0 rings (SSSR count). The predicted octanol–water partition coefficient (Wildman–Crippen LogP) is 2.08. The molecule has 1 atom stereocenters. The Bertz CT molecular complexity index is 283. The molecular weight excluding hydrogens is 268 g/mol. The highest BCUT2D eigenvalue weighted by Gasteiger charge is 2.35. The van der Waals surface area contributed by atoms with Crippen molar-refractivity contribution in [3.8, 4) is 0 Å². The largest absolute Gasteiger partial charge is 0.520 e. The lowest BCUT2D eigenvalue weighted by Crippen LogP contribution is -2.43. The van der Waals surface area contributed by atoms with Crippen LogP contribution >= 0.6 is 0 Å². The molecule has 106 valence electrons. The molecule has 0 fully saturated rings. The summed E-state index contributed by atoms with van der Waals surface area (Å²) in [6, 6.07) is 1.67. The average Bonchev–Trinajstić information content (AvgIpc) is 2.23. The van der Waals surface area contributed by atoms with E-state index in [-0.39, 0.29) is 5.97 Å². The van der Waals surface area contributed by atoms with E-state index in [2.05, 4.69) is 0 Å². The molecule has 0 saturated heterocycles. The van der Waals surface area contributed by atoms with Crippen molar-refractivity contribution in [3.05, 3.63) is 0 Å². The molecule has 0 aromatic heterocycles. The number of ether oxygens (including phenoxy) is 1. The van der Waals surface area contributed by atoms with E-state index >= 15 is 0 Å². The first-order valence-corrected chi connectivity index (χ1v) is 12.1. The van der Waals surface area contributed by atoms with Crippen molar-refractivity contribution < 1.29 is 23.2 Å². The SMILES string of the molecule is CCO[Si](C)(CC[Si](C)(C)OC(C)=O)COC=O. The third-order valence-corrected chi connectivity index (χ3v) is 8.49. The maximum atomic E-state index is 11.0. The maximum Gasteiger partial charge on any atom is 0.292 e. The molecule has 0 aliphatic carbocycles. The smallest absolute Gasteiger partial charge is 0.292 e. The van der Waals surface area contributed by atoms with Gasteiger partial charge in [0.25, 0.3) is 12.4 Å². The van der Waals surface area contributed by atoms with Crippen molar-refractivity contribution in [1.29, 1.82) is 0 Å². The minimum absolute atomic E-state index is 0.226. The van der Waals surface area contributed by atoms with Gasteiger partial charge in [-0.25, -0.2) is 0 Å². The molecule has 0 aromatic rings. The summed E-state index contributed by atoms with van der Waals surface area (Å²) >= 11 is 0. The van der Waals surface area contributed by atoms with Crippen LogP contribution in [0.5, 0.6) is 0 Å². The molecule has 0 saturated carbocycles. The molecule has 0 amide bonds. The van der Waals surface area contributed by atoms with Gasteiger partial charge < -0.3 is 13.6 Å². The Morgan fingerprint density at radius 1 is 1.22 bits per heavy atom. The van der Waals surface area contributed by atoms with E-state index < -0.39 is 16.6 Å². The summed E-state index contributed by atoms with van der Waals surface area (Å²) in [5.74, 6) is -0.226. The zero-order chi connectivity index (χ0) is 14.2. The van der Waals surface area contributed by atoms with E-state index in [9.17, 15) is 9.59 Å². The van der Waals surface area contributed by atoms with Gasteiger partial charge in [-0.3, -0.25) is 9.59 Å². The van der Waals surface area contributed by atoms with E-state index in [4.69, 9.17) is 13.6 Å². The Labute approximate surface area is 111 Å². The molecule has 18 heavy (non-hydrogen) atoms. The summed E-state index contributed by atoms with van der Waals surface area (Å²) in [5.41, 5.74) is 0. The fourth-order valence-corrected chi connectivity index (χ4v) is 8.64. The Morgan fingerprint density at radius 3 is 2.28 bits per heavy atom. The topological polar surface area (TPSA) is 61.8 Å². The molecule has 0 heterocycles. The summed E-state index contributed by atoms with van der Waals surface area (Å²) in [6.45, 7) is 10.5. The summed E-state index contributed by atoms with van der Waals surface area (Å²) in [7, 11) is -4.02. The molecular formula is C11H24O5Si2. The molecule has 1 unspecified atom stereocenters. The minimum atomic E-state index is -2.04. The van der Waals surface area contributed by atoms with Gasteiger partial charge in [0.15, 0.2) is 0 Å². The average molecular weight is 292 g/mol. The fourth-order valence-electron chi connectivity index (χ4n) is 1.75. The highest BCUT2D eigenvalue weighted by atomic mass is 28.4. The van der Waals surface area contributed by atoms with Gasteiger partial charge in [-0.1, -0.05) is 0 Å². The Kier molecular flexibility index (Phi) is 7.41. The van der Waals surface area contributed by atoms with Crippen LogP contribution in [0, 0.1) is 0 Å². The second kappa shape index (κ2) is 7.70. The molecule has 0 spiro atoms. The van der Waals surface area contributed by atoms with Gasteiger partial charge in [0, 0.05) is 13.5 Å². The van der Waals surface area contributed by atoms with Gasteiger partial charge in [-0.2, -0.15) is 0 Å². The van der Waals surface area contributed by atoms with Gasteiger partial charge in [0.05, 0.1) is 0 Å². The first-order chi connectivity index (χ1) is 8.24. The second-order valence-electron chi connectivity index (χ2n) is 5.14. The Morgan fingerprint density at radius 2 is 1.83 bits per heavy atom. The van der Waals surface area contributed by atoms with Gasteiger partial charge in [0.1, 0.15) is 6.23 Å². The van der Waals surface area contributed by atoms with Crippen LogP contribution in [0.2, 0.25) is 31.7 Å². The lowest BCUT2D eigenvalue weighted by molar-refractivity contribution is -0.132. The van der Waals surface area contributed by atoms with Crippen molar-refractivity contribution in [3.63, 3.8) is 0 Å². The van der Waals surface area contributed by atoms with Gasteiger partial charge >= 0.3 is 0 Å². The number of carbonyl (C=O) groups is 2. The number of rotatable bonds is 9. The summed E-state index contributed by atoms with van der Waals surface area (Å²) in [4.78, 5) is 21.3. The monoisotopic (exact) mass is 292 g/mol. The molecule has 0 aliphatic heterocycles. The quantitative estimate of drug-likeness (QED) is 0.481. The second-order valence-corrected chi connectivity index (χ2v) is 13.3. The molecule has 0 aromatic carbocycles. The minimum Gasteiger partial charge on any atom is -0.520 e. The summed E-state index contributed by atoms with van der Waals surface area (Å²) in [5, 5.41) is 0. The van der Waals surface area contributed by atoms with Crippen molar-refractivity contribution in [1.82, 2.24) is 0 Å². The number of hydrogen-bond acceptors (Lipinski definition) is 5. The zero-order valence-corrected chi connectivity index (χ0v) is 13.9. The van der Waals surface area contributed by atoms with Gasteiger partial charge in [-0.05, 0) is 38.7 Å². The van der Waals surface area contributed by atoms with Crippen LogP contribution < -0.4 is 0 Å². The molecule has 0 bridgehead atoms. The van der Waals surface area contributed by atoms with Crippen LogP contribution in [0.25, 0.3) is 0 Å². The van der Waals surface area contributed by atoms with E-state index in [1.807, 2.05) is 26.6 Å². The van der Waals surface area contributed by atoms with E-state index in [1.54, 1.807) is 0 Å². The van der Waals surface area contributed by atoms with Crippen molar-refractivity contribution in [2.45, 2.75) is 45.6 Å². The molecule has 7 heteroatoms. The van der Waals surface area contributed by atoms with Gasteiger partial charge in [-0.15, -0.1) is 0 Å². The van der Waals surface area contributed by atoms with Crippen LogP contribution in [-0.2, 0) is 23.2 Å². The van der Waals surface area contributed by atoms with Crippen LogP contribution in [0.15, 0.2) is 0 Å².